The van der Waals surface area contributed by atoms with Crippen LogP contribution in [0.4, 0.5) is 13.2 Å². The van der Waals surface area contributed by atoms with Gasteiger partial charge in [-0.1, -0.05) is 19.3 Å². The second-order valence-electron chi connectivity index (χ2n) is 5.85. The van der Waals surface area contributed by atoms with Crippen LogP contribution in [-0.2, 0) is 10.4 Å². The van der Waals surface area contributed by atoms with Gasteiger partial charge in [0.25, 0.3) is 0 Å². The standard InChI is InChI=1S/C15H20F3NO3/c1-10-7-8-12(22-10)14(21,15(16,17)18)9-13(20)19-11-5-3-2-4-6-11/h7-8,11,21H,2-6,9H2,1H3,(H,19,20). The van der Waals surface area contributed by atoms with Crippen LogP contribution in [0.1, 0.15) is 50.0 Å². The van der Waals surface area contributed by atoms with Gasteiger partial charge in [0.1, 0.15) is 11.5 Å². The van der Waals surface area contributed by atoms with Crippen molar-refractivity contribution in [2.24, 2.45) is 0 Å². The van der Waals surface area contributed by atoms with Gasteiger partial charge in [-0.25, -0.2) is 0 Å². The molecule has 0 aliphatic heterocycles. The molecule has 1 amide bonds. The Labute approximate surface area is 126 Å². The Morgan fingerprint density at radius 2 is 1.95 bits per heavy atom. The number of halogens is 3. The zero-order chi connectivity index (χ0) is 16.4. The van der Waals surface area contributed by atoms with Gasteiger partial charge in [0, 0.05) is 6.04 Å². The van der Waals surface area contributed by atoms with Crippen molar-refractivity contribution in [3.05, 3.63) is 23.7 Å². The molecule has 124 valence electrons. The van der Waals surface area contributed by atoms with Crippen molar-refractivity contribution in [2.75, 3.05) is 0 Å². The van der Waals surface area contributed by atoms with E-state index in [0.717, 1.165) is 38.2 Å². The van der Waals surface area contributed by atoms with Gasteiger partial charge < -0.3 is 14.8 Å². The van der Waals surface area contributed by atoms with Crippen LogP contribution in [0.25, 0.3) is 0 Å². The number of carbonyl (C=O) groups is 1. The van der Waals surface area contributed by atoms with Crippen LogP contribution in [0.5, 0.6) is 0 Å². The summed E-state index contributed by atoms with van der Waals surface area (Å²) in [6.07, 6.45) is -1.60. The van der Waals surface area contributed by atoms with Gasteiger partial charge in [-0.15, -0.1) is 0 Å². The van der Waals surface area contributed by atoms with Crippen molar-refractivity contribution in [2.45, 2.75) is 63.3 Å². The summed E-state index contributed by atoms with van der Waals surface area (Å²) in [7, 11) is 0. The van der Waals surface area contributed by atoms with E-state index in [1.165, 1.54) is 13.0 Å². The second-order valence-corrected chi connectivity index (χ2v) is 5.85. The molecule has 1 saturated carbocycles. The van der Waals surface area contributed by atoms with E-state index < -0.39 is 29.9 Å². The highest BCUT2D eigenvalue weighted by Gasteiger charge is 2.58. The van der Waals surface area contributed by atoms with E-state index in [1.807, 2.05) is 0 Å². The molecule has 22 heavy (non-hydrogen) atoms. The zero-order valence-corrected chi connectivity index (χ0v) is 12.4. The van der Waals surface area contributed by atoms with Crippen LogP contribution < -0.4 is 5.32 Å². The number of amides is 1. The molecule has 0 bridgehead atoms. The van der Waals surface area contributed by atoms with E-state index in [9.17, 15) is 23.1 Å². The average molecular weight is 319 g/mol. The number of furan rings is 1. The number of nitrogens with one attached hydrogen (secondary N) is 1. The molecule has 4 nitrogen and oxygen atoms in total. The number of rotatable bonds is 4. The Balaban J connectivity index is 2.11. The minimum atomic E-state index is -5.00. The minimum Gasteiger partial charge on any atom is -0.463 e. The molecule has 1 aliphatic rings. The maximum atomic E-state index is 13.2. The highest BCUT2D eigenvalue weighted by Crippen LogP contribution is 2.42. The zero-order valence-electron chi connectivity index (χ0n) is 12.4. The molecule has 2 N–H and O–H groups in total. The van der Waals surface area contributed by atoms with Crippen molar-refractivity contribution < 1.29 is 27.5 Å². The van der Waals surface area contributed by atoms with Crippen LogP contribution in [-0.4, -0.2) is 23.2 Å². The summed E-state index contributed by atoms with van der Waals surface area (Å²) >= 11 is 0. The Morgan fingerprint density at radius 1 is 1.32 bits per heavy atom. The number of hydrogen-bond donors (Lipinski definition) is 2. The monoisotopic (exact) mass is 319 g/mol. The van der Waals surface area contributed by atoms with Gasteiger partial charge in [0.05, 0.1) is 6.42 Å². The number of aryl methyl sites for hydroxylation is 1. The number of aliphatic hydroxyl groups is 1. The summed E-state index contributed by atoms with van der Waals surface area (Å²) in [5.74, 6) is -1.23. The first kappa shape index (κ1) is 16.9. The normalized spacial score (nSPS) is 19.7. The highest BCUT2D eigenvalue weighted by molar-refractivity contribution is 5.77. The molecule has 1 aromatic rings. The van der Waals surface area contributed by atoms with Gasteiger partial charge in [-0.2, -0.15) is 13.2 Å². The third-order valence-electron chi connectivity index (χ3n) is 4.00. The van der Waals surface area contributed by atoms with Crippen LogP contribution in [0.3, 0.4) is 0 Å². The summed E-state index contributed by atoms with van der Waals surface area (Å²) in [5.41, 5.74) is -3.31. The predicted octanol–water partition coefficient (Wildman–Crippen LogP) is 3.18. The average Bonchev–Trinajstić information content (AvgIpc) is 2.85. The lowest BCUT2D eigenvalue weighted by Gasteiger charge is -2.29. The van der Waals surface area contributed by atoms with E-state index in [0.29, 0.717) is 0 Å². The SMILES string of the molecule is Cc1ccc(C(O)(CC(=O)NC2CCCCC2)C(F)(F)F)o1. The molecule has 1 atom stereocenters. The van der Waals surface area contributed by atoms with Crippen molar-refractivity contribution in [1.29, 1.82) is 0 Å². The maximum absolute atomic E-state index is 13.2. The first-order valence-electron chi connectivity index (χ1n) is 7.38. The predicted molar refractivity (Wildman–Crippen MR) is 73.0 cm³/mol. The van der Waals surface area contributed by atoms with E-state index in [4.69, 9.17) is 4.42 Å². The molecule has 7 heteroatoms. The molecular formula is C15H20F3NO3. The first-order valence-corrected chi connectivity index (χ1v) is 7.38. The second kappa shape index (κ2) is 6.32. The lowest BCUT2D eigenvalue weighted by molar-refractivity contribution is -0.273. The Bertz CT molecular complexity index is 520. The molecule has 0 aromatic carbocycles. The number of alkyl halides is 3. The van der Waals surface area contributed by atoms with Crippen LogP contribution in [0, 0.1) is 6.92 Å². The van der Waals surface area contributed by atoms with E-state index in [-0.39, 0.29) is 11.8 Å². The lowest BCUT2D eigenvalue weighted by Crippen LogP contribution is -2.47. The summed E-state index contributed by atoms with van der Waals surface area (Å²) in [6.45, 7) is 1.47. The first-order chi connectivity index (χ1) is 10.2. The fraction of sp³-hybridized carbons (Fsp3) is 0.667. The van der Waals surface area contributed by atoms with Crippen LogP contribution >= 0.6 is 0 Å². The fourth-order valence-electron chi connectivity index (χ4n) is 2.74. The van der Waals surface area contributed by atoms with Gasteiger partial charge in [0.2, 0.25) is 11.5 Å². The Hall–Kier alpha value is -1.50. The summed E-state index contributed by atoms with van der Waals surface area (Å²) in [5, 5.41) is 12.6. The van der Waals surface area contributed by atoms with Crippen molar-refractivity contribution in [3.8, 4) is 0 Å². The van der Waals surface area contributed by atoms with Gasteiger partial charge in [0.15, 0.2) is 0 Å². The fourth-order valence-corrected chi connectivity index (χ4v) is 2.74. The van der Waals surface area contributed by atoms with Crippen LogP contribution in [0.15, 0.2) is 16.5 Å². The molecule has 2 rings (SSSR count). The topological polar surface area (TPSA) is 62.5 Å². The summed E-state index contributed by atoms with van der Waals surface area (Å²) in [6, 6.07) is 2.26. The van der Waals surface area contributed by atoms with E-state index >= 15 is 0 Å². The molecule has 1 aromatic heterocycles. The van der Waals surface area contributed by atoms with Crippen LogP contribution in [0.2, 0.25) is 0 Å². The maximum Gasteiger partial charge on any atom is 0.425 e. The lowest BCUT2D eigenvalue weighted by atomic mass is 9.93. The highest BCUT2D eigenvalue weighted by atomic mass is 19.4. The van der Waals surface area contributed by atoms with E-state index in [2.05, 4.69) is 5.32 Å². The minimum absolute atomic E-state index is 0.114. The molecule has 0 radical (unpaired) electrons. The largest absolute Gasteiger partial charge is 0.463 e. The molecule has 1 unspecified atom stereocenters. The quantitative estimate of drug-likeness (QED) is 0.896. The molecular weight excluding hydrogens is 299 g/mol. The number of hydrogen-bond acceptors (Lipinski definition) is 3. The molecule has 1 aliphatic carbocycles. The van der Waals surface area contributed by atoms with Crippen molar-refractivity contribution >= 4 is 5.91 Å². The van der Waals surface area contributed by atoms with Crippen molar-refractivity contribution in [1.82, 2.24) is 5.32 Å². The van der Waals surface area contributed by atoms with Crippen molar-refractivity contribution in [3.63, 3.8) is 0 Å². The molecule has 1 heterocycles. The van der Waals surface area contributed by atoms with Gasteiger partial charge in [-0.3, -0.25) is 4.79 Å². The Morgan fingerprint density at radius 3 is 2.45 bits per heavy atom. The molecule has 0 saturated heterocycles. The summed E-state index contributed by atoms with van der Waals surface area (Å²) in [4.78, 5) is 11.9. The summed E-state index contributed by atoms with van der Waals surface area (Å²) < 4.78 is 44.7. The van der Waals surface area contributed by atoms with Gasteiger partial charge >= 0.3 is 6.18 Å². The third kappa shape index (κ3) is 3.63. The smallest absolute Gasteiger partial charge is 0.425 e. The number of carbonyl (C=O) groups excluding carboxylic acids is 1. The third-order valence-corrected chi connectivity index (χ3v) is 4.00. The molecule has 0 spiro atoms. The van der Waals surface area contributed by atoms with Gasteiger partial charge in [-0.05, 0) is 31.9 Å². The Kier molecular flexibility index (Phi) is 4.84. The molecule has 1 fully saturated rings. The van der Waals surface area contributed by atoms with E-state index in [1.54, 1.807) is 0 Å².